The average molecular weight is 154 g/mol. The SMILES string of the molecule is CC1=CCC(C)(C(C)C)NN1. The first-order valence-electron chi connectivity index (χ1n) is 4.24. The van der Waals surface area contributed by atoms with Gasteiger partial charge in [-0.15, -0.1) is 0 Å². The number of hydrazine groups is 1. The van der Waals surface area contributed by atoms with Gasteiger partial charge in [-0.05, 0) is 26.2 Å². The predicted molar refractivity (Wildman–Crippen MR) is 47.9 cm³/mol. The zero-order valence-corrected chi connectivity index (χ0v) is 7.86. The van der Waals surface area contributed by atoms with Gasteiger partial charge in [0.15, 0.2) is 0 Å². The molecule has 0 aromatic carbocycles. The highest BCUT2D eigenvalue weighted by molar-refractivity contribution is 5.06. The molecule has 1 heterocycles. The Kier molecular flexibility index (Phi) is 2.23. The van der Waals surface area contributed by atoms with E-state index in [1.165, 1.54) is 5.70 Å². The maximum Gasteiger partial charge on any atom is 0.0400 e. The third-order valence-electron chi connectivity index (χ3n) is 2.65. The predicted octanol–water partition coefficient (Wildman–Crippen LogP) is 1.80. The molecule has 1 atom stereocenters. The van der Waals surface area contributed by atoms with Gasteiger partial charge in [0.05, 0.1) is 0 Å². The molecule has 1 aliphatic rings. The first kappa shape index (κ1) is 8.60. The van der Waals surface area contributed by atoms with E-state index < -0.39 is 0 Å². The molecule has 0 fully saturated rings. The Hall–Kier alpha value is -0.500. The van der Waals surface area contributed by atoms with Crippen molar-refractivity contribution in [3.05, 3.63) is 11.8 Å². The fourth-order valence-corrected chi connectivity index (χ4v) is 1.09. The minimum atomic E-state index is 0.222. The first-order chi connectivity index (χ1) is 5.04. The van der Waals surface area contributed by atoms with Gasteiger partial charge < -0.3 is 5.43 Å². The molecule has 0 radical (unpaired) electrons. The molecule has 0 spiro atoms. The van der Waals surface area contributed by atoms with Crippen molar-refractivity contribution in [2.45, 2.75) is 39.7 Å². The molecule has 0 aromatic rings. The Labute approximate surface area is 69.0 Å². The van der Waals surface area contributed by atoms with E-state index >= 15 is 0 Å². The highest BCUT2D eigenvalue weighted by Gasteiger charge is 2.28. The lowest BCUT2D eigenvalue weighted by Gasteiger charge is -2.37. The van der Waals surface area contributed by atoms with Crippen molar-refractivity contribution in [1.29, 1.82) is 0 Å². The number of rotatable bonds is 1. The number of nitrogens with one attached hydrogen (secondary N) is 2. The average Bonchev–Trinajstić information content (AvgIpc) is 1.95. The van der Waals surface area contributed by atoms with Crippen LogP contribution in [0.3, 0.4) is 0 Å². The lowest BCUT2D eigenvalue weighted by atomic mass is 9.85. The Morgan fingerprint density at radius 3 is 2.55 bits per heavy atom. The van der Waals surface area contributed by atoms with Crippen molar-refractivity contribution < 1.29 is 0 Å². The van der Waals surface area contributed by atoms with E-state index in [1.54, 1.807) is 0 Å². The molecule has 0 amide bonds. The normalized spacial score (nSPS) is 31.5. The maximum atomic E-state index is 3.33. The summed E-state index contributed by atoms with van der Waals surface area (Å²) in [6, 6.07) is 0. The van der Waals surface area contributed by atoms with Crippen LogP contribution in [0, 0.1) is 5.92 Å². The van der Waals surface area contributed by atoms with Crippen LogP contribution >= 0.6 is 0 Å². The van der Waals surface area contributed by atoms with Crippen LogP contribution in [0.4, 0.5) is 0 Å². The molecule has 1 unspecified atom stereocenters. The van der Waals surface area contributed by atoms with Gasteiger partial charge in [0, 0.05) is 11.2 Å². The van der Waals surface area contributed by atoms with Gasteiger partial charge >= 0.3 is 0 Å². The molecule has 11 heavy (non-hydrogen) atoms. The van der Waals surface area contributed by atoms with Gasteiger partial charge in [0.25, 0.3) is 0 Å². The monoisotopic (exact) mass is 154 g/mol. The van der Waals surface area contributed by atoms with Crippen LogP contribution in [-0.2, 0) is 0 Å². The van der Waals surface area contributed by atoms with Gasteiger partial charge in [0.1, 0.15) is 0 Å². The molecule has 1 aliphatic heterocycles. The number of hydrogen-bond donors (Lipinski definition) is 2. The molecular weight excluding hydrogens is 136 g/mol. The van der Waals surface area contributed by atoms with Crippen molar-refractivity contribution in [3.63, 3.8) is 0 Å². The molecule has 0 saturated carbocycles. The summed E-state index contributed by atoms with van der Waals surface area (Å²) < 4.78 is 0. The highest BCUT2D eigenvalue weighted by atomic mass is 15.4. The second-order valence-corrected chi connectivity index (χ2v) is 3.91. The van der Waals surface area contributed by atoms with E-state index in [0.717, 1.165) is 6.42 Å². The second kappa shape index (κ2) is 2.86. The summed E-state index contributed by atoms with van der Waals surface area (Å²) in [5.41, 5.74) is 7.94. The summed E-state index contributed by atoms with van der Waals surface area (Å²) in [4.78, 5) is 0. The minimum Gasteiger partial charge on any atom is -0.326 e. The molecule has 2 N–H and O–H groups in total. The van der Waals surface area contributed by atoms with Crippen molar-refractivity contribution in [2.75, 3.05) is 0 Å². The summed E-state index contributed by atoms with van der Waals surface area (Å²) in [5, 5.41) is 0. The molecule has 64 valence electrons. The van der Waals surface area contributed by atoms with Crippen molar-refractivity contribution >= 4 is 0 Å². The minimum absolute atomic E-state index is 0.222. The maximum absolute atomic E-state index is 3.33. The van der Waals surface area contributed by atoms with Gasteiger partial charge in [-0.1, -0.05) is 19.9 Å². The third kappa shape index (κ3) is 1.74. The van der Waals surface area contributed by atoms with Crippen LogP contribution in [0.25, 0.3) is 0 Å². The molecular formula is C9H18N2. The summed E-state index contributed by atoms with van der Waals surface area (Å²) in [7, 11) is 0. The molecule has 0 bridgehead atoms. The molecule has 2 heteroatoms. The Balaban J connectivity index is 2.64. The van der Waals surface area contributed by atoms with Crippen LogP contribution in [0.15, 0.2) is 11.8 Å². The van der Waals surface area contributed by atoms with Crippen molar-refractivity contribution in [1.82, 2.24) is 10.9 Å². The second-order valence-electron chi connectivity index (χ2n) is 3.91. The standard InChI is InChI=1S/C9H18N2/c1-7(2)9(4)6-5-8(3)10-11-9/h5,7,10-11H,6H2,1-4H3. The summed E-state index contributed by atoms with van der Waals surface area (Å²) >= 11 is 0. The van der Waals surface area contributed by atoms with E-state index in [0.29, 0.717) is 5.92 Å². The van der Waals surface area contributed by atoms with E-state index in [2.05, 4.69) is 44.6 Å². The molecule has 0 aliphatic carbocycles. The highest BCUT2D eigenvalue weighted by Crippen LogP contribution is 2.23. The van der Waals surface area contributed by atoms with Crippen LogP contribution in [0.2, 0.25) is 0 Å². The zero-order chi connectivity index (χ0) is 8.48. The lowest BCUT2D eigenvalue weighted by Crippen LogP contribution is -2.55. The third-order valence-corrected chi connectivity index (χ3v) is 2.65. The van der Waals surface area contributed by atoms with Crippen LogP contribution in [-0.4, -0.2) is 5.54 Å². The fourth-order valence-electron chi connectivity index (χ4n) is 1.09. The van der Waals surface area contributed by atoms with E-state index in [9.17, 15) is 0 Å². The fraction of sp³-hybridized carbons (Fsp3) is 0.778. The van der Waals surface area contributed by atoms with Gasteiger partial charge in [-0.2, -0.15) is 0 Å². The quantitative estimate of drug-likeness (QED) is 0.602. The van der Waals surface area contributed by atoms with Gasteiger partial charge in [0.2, 0.25) is 0 Å². The summed E-state index contributed by atoms with van der Waals surface area (Å²) in [6.45, 7) is 8.80. The van der Waals surface area contributed by atoms with Gasteiger partial charge in [-0.25, -0.2) is 5.43 Å². The molecule has 2 nitrogen and oxygen atoms in total. The zero-order valence-electron chi connectivity index (χ0n) is 7.86. The van der Waals surface area contributed by atoms with Crippen molar-refractivity contribution in [2.24, 2.45) is 5.92 Å². The van der Waals surface area contributed by atoms with Crippen molar-refractivity contribution in [3.8, 4) is 0 Å². The van der Waals surface area contributed by atoms with Crippen LogP contribution in [0.5, 0.6) is 0 Å². The smallest absolute Gasteiger partial charge is 0.0400 e. The Morgan fingerprint density at radius 1 is 1.55 bits per heavy atom. The summed E-state index contributed by atoms with van der Waals surface area (Å²) in [5.74, 6) is 0.652. The Bertz CT molecular complexity index is 172. The van der Waals surface area contributed by atoms with Crippen LogP contribution in [0.1, 0.15) is 34.1 Å². The molecule has 0 aromatic heterocycles. The largest absolute Gasteiger partial charge is 0.326 e. The van der Waals surface area contributed by atoms with E-state index in [4.69, 9.17) is 0 Å². The lowest BCUT2D eigenvalue weighted by molar-refractivity contribution is 0.227. The number of allylic oxidation sites excluding steroid dienone is 1. The van der Waals surface area contributed by atoms with E-state index in [-0.39, 0.29) is 5.54 Å². The molecule has 0 saturated heterocycles. The molecule has 1 rings (SSSR count). The first-order valence-corrected chi connectivity index (χ1v) is 4.24. The summed E-state index contributed by atoms with van der Waals surface area (Å²) in [6.07, 6.45) is 3.36. The topological polar surface area (TPSA) is 24.1 Å². The number of hydrogen-bond acceptors (Lipinski definition) is 2. The van der Waals surface area contributed by atoms with Crippen LogP contribution < -0.4 is 10.9 Å². The Morgan fingerprint density at radius 2 is 2.18 bits per heavy atom. The van der Waals surface area contributed by atoms with E-state index in [1.807, 2.05) is 0 Å². The van der Waals surface area contributed by atoms with Gasteiger partial charge in [-0.3, -0.25) is 0 Å².